The summed E-state index contributed by atoms with van der Waals surface area (Å²) in [6.45, 7) is 21.6. The first-order valence-corrected chi connectivity index (χ1v) is 16.2. The number of para-hydroxylation sites is 1. The van der Waals surface area contributed by atoms with Gasteiger partial charge in [0, 0.05) is 0 Å². The molecular formula is C27H46GeN3P. The van der Waals surface area contributed by atoms with Gasteiger partial charge in [0.1, 0.15) is 0 Å². The van der Waals surface area contributed by atoms with Gasteiger partial charge in [0.25, 0.3) is 0 Å². The van der Waals surface area contributed by atoms with Crippen molar-refractivity contribution in [3.8, 4) is 0 Å². The molecule has 2 fully saturated rings. The first-order chi connectivity index (χ1) is 15.1. The molecule has 2 aliphatic carbocycles. The predicted octanol–water partition coefficient (Wildman–Crippen LogP) is 6.41. The molecule has 0 spiro atoms. The summed E-state index contributed by atoms with van der Waals surface area (Å²) in [5, 5.41) is 1.87. The Morgan fingerprint density at radius 3 is 1.81 bits per heavy atom. The molecule has 3 nitrogen and oxygen atoms in total. The van der Waals surface area contributed by atoms with E-state index in [0.29, 0.717) is 40.7 Å². The number of allylic oxidation sites excluding steroid dienone is 2. The van der Waals surface area contributed by atoms with Crippen LogP contribution in [0.5, 0.6) is 0 Å². The van der Waals surface area contributed by atoms with Crippen molar-refractivity contribution < 1.29 is 0 Å². The normalized spacial score (nSPS) is 25.1. The Bertz CT molecular complexity index is 820. The summed E-state index contributed by atoms with van der Waals surface area (Å²) in [5.41, 5.74) is 6.47. The van der Waals surface area contributed by atoms with Crippen LogP contribution in [-0.2, 0) is 0 Å². The van der Waals surface area contributed by atoms with Crippen LogP contribution < -0.4 is 3.86 Å². The van der Waals surface area contributed by atoms with Crippen molar-refractivity contribution in [3.63, 3.8) is 0 Å². The van der Waals surface area contributed by atoms with Gasteiger partial charge in [-0.1, -0.05) is 0 Å². The van der Waals surface area contributed by atoms with Gasteiger partial charge in [-0.2, -0.15) is 0 Å². The molecule has 1 heterocycles. The van der Waals surface area contributed by atoms with Crippen LogP contribution in [0.3, 0.4) is 0 Å². The van der Waals surface area contributed by atoms with Crippen LogP contribution in [0, 0.1) is 11.8 Å². The quantitative estimate of drug-likeness (QED) is 0.307. The topological polar surface area (TPSA) is 9.72 Å². The molecule has 3 aliphatic rings. The molecule has 5 heteroatoms. The number of benzene rings is 1. The van der Waals surface area contributed by atoms with Gasteiger partial charge in [-0.15, -0.1) is 0 Å². The number of fused-ring (bicyclic) bond motifs is 2. The first-order valence-electron chi connectivity index (χ1n) is 13.1. The van der Waals surface area contributed by atoms with Gasteiger partial charge in [0.05, 0.1) is 0 Å². The van der Waals surface area contributed by atoms with E-state index in [1.807, 2.05) is 5.31 Å². The van der Waals surface area contributed by atoms with Crippen LogP contribution >= 0.6 is 8.22 Å². The molecule has 0 radical (unpaired) electrons. The monoisotopic (exact) mass is 517 g/mol. The van der Waals surface area contributed by atoms with Gasteiger partial charge in [-0.3, -0.25) is 0 Å². The summed E-state index contributed by atoms with van der Waals surface area (Å²) < 4.78 is 8.60. The zero-order valence-corrected chi connectivity index (χ0v) is 27.1. The molecule has 0 amide bonds. The zero-order valence-electron chi connectivity index (χ0n) is 22.0. The van der Waals surface area contributed by atoms with Gasteiger partial charge in [0.2, 0.25) is 0 Å². The van der Waals surface area contributed by atoms with E-state index in [1.165, 1.54) is 32.4 Å². The van der Waals surface area contributed by atoms with E-state index in [1.54, 1.807) is 22.5 Å². The molecule has 1 saturated carbocycles. The average Bonchev–Trinajstić information content (AvgIpc) is 3.45. The van der Waals surface area contributed by atoms with Crippen LogP contribution in [0.2, 0.25) is 0 Å². The molecule has 178 valence electrons. The van der Waals surface area contributed by atoms with Crippen molar-refractivity contribution in [1.29, 1.82) is 0 Å². The number of nitrogens with zero attached hydrogens (tertiary/aromatic N) is 3. The van der Waals surface area contributed by atoms with Crippen LogP contribution in [0.25, 0.3) is 0 Å². The summed E-state index contributed by atoms with van der Waals surface area (Å²) in [6, 6.07) is 8.35. The summed E-state index contributed by atoms with van der Waals surface area (Å²) in [5.74, 6) is 2.73. The number of hydrogen-bond donors (Lipinski definition) is 0. The van der Waals surface area contributed by atoms with Gasteiger partial charge < -0.3 is 0 Å². The maximum absolute atomic E-state index is 2.87. The molecule has 1 aliphatic heterocycles. The van der Waals surface area contributed by atoms with E-state index in [2.05, 4.69) is 86.8 Å². The fourth-order valence-corrected chi connectivity index (χ4v) is 12.5. The third-order valence-corrected chi connectivity index (χ3v) is 13.2. The third-order valence-electron chi connectivity index (χ3n) is 7.96. The molecule has 32 heavy (non-hydrogen) atoms. The van der Waals surface area contributed by atoms with Crippen molar-refractivity contribution in [1.82, 2.24) is 9.34 Å². The molecule has 1 aromatic rings. The first kappa shape index (κ1) is 24.8. The fourth-order valence-electron chi connectivity index (χ4n) is 6.40. The fraction of sp³-hybridized carbons (Fsp3) is 0.704. The summed E-state index contributed by atoms with van der Waals surface area (Å²) in [4.78, 5) is 0. The number of anilines is 1. The van der Waals surface area contributed by atoms with Crippen LogP contribution in [0.4, 0.5) is 5.69 Å². The summed E-state index contributed by atoms with van der Waals surface area (Å²) in [7, 11) is -0.344. The van der Waals surface area contributed by atoms with Crippen LogP contribution in [-0.4, -0.2) is 51.3 Å². The predicted molar refractivity (Wildman–Crippen MR) is 145 cm³/mol. The van der Waals surface area contributed by atoms with E-state index in [-0.39, 0.29) is 8.22 Å². The third kappa shape index (κ3) is 4.25. The average molecular weight is 516 g/mol. The van der Waals surface area contributed by atoms with Gasteiger partial charge in [0.15, 0.2) is 0 Å². The van der Waals surface area contributed by atoms with Crippen molar-refractivity contribution in [2.24, 2.45) is 11.8 Å². The standard InChI is InChI=1S/C27H46GeN3P/c1-17(2)23-10-9-11-24(18(3)4)26(23)31(28)25-21-12-13-22(16-21)27(25)32-29(19(5)6)14-15-30(32)20(7)8/h9-11,17-22H,12-16H2,1-8,28H3/t21-,22+/m1/s1. The second-order valence-corrected chi connectivity index (χ2v) is 15.4. The summed E-state index contributed by atoms with van der Waals surface area (Å²) >= 11 is 0.590. The Labute approximate surface area is 207 Å². The SMILES string of the molecule is CC(C)c1cccc(C(C)C)c1[N]([GeH3])C1=C(P2N(C(C)C)CCN2C(C)C)[C@H]2CC[C@@H]1C2. The minimum absolute atomic E-state index is 0.344. The van der Waals surface area contributed by atoms with E-state index < -0.39 is 0 Å². The zero-order chi connectivity index (χ0) is 23.3. The van der Waals surface area contributed by atoms with Gasteiger partial charge in [-0.05, 0) is 0 Å². The Morgan fingerprint density at radius 2 is 1.34 bits per heavy atom. The molecule has 1 saturated heterocycles. The second kappa shape index (κ2) is 9.72. The van der Waals surface area contributed by atoms with Crippen LogP contribution in [0.1, 0.15) is 97.6 Å². The minimum atomic E-state index is -0.344. The van der Waals surface area contributed by atoms with Crippen molar-refractivity contribution in [2.75, 3.05) is 16.9 Å². The molecule has 1 aromatic carbocycles. The molecule has 4 rings (SSSR count). The Morgan fingerprint density at radius 1 is 0.844 bits per heavy atom. The Kier molecular flexibility index (Phi) is 7.52. The maximum atomic E-state index is 2.87. The number of hydrogen-bond acceptors (Lipinski definition) is 3. The van der Waals surface area contributed by atoms with E-state index in [4.69, 9.17) is 0 Å². The molecular weight excluding hydrogens is 470 g/mol. The molecule has 0 aromatic heterocycles. The van der Waals surface area contributed by atoms with Crippen molar-refractivity contribution in [2.45, 2.75) is 98.6 Å². The molecule has 0 N–H and O–H groups in total. The van der Waals surface area contributed by atoms with Gasteiger partial charge >= 0.3 is 208 Å². The molecule has 2 atom stereocenters. The Balaban J connectivity index is 1.88. The van der Waals surface area contributed by atoms with Crippen LogP contribution in [0.15, 0.2) is 29.2 Å². The van der Waals surface area contributed by atoms with E-state index in [0.717, 1.165) is 11.8 Å². The van der Waals surface area contributed by atoms with E-state index in [9.17, 15) is 0 Å². The van der Waals surface area contributed by atoms with Crippen molar-refractivity contribution >= 4 is 30.6 Å². The number of rotatable bonds is 7. The van der Waals surface area contributed by atoms with Gasteiger partial charge in [-0.25, -0.2) is 0 Å². The molecule has 0 unspecified atom stereocenters. The summed E-state index contributed by atoms with van der Waals surface area (Å²) in [6.07, 6.45) is 4.24. The Hall–Kier alpha value is -0.347. The van der Waals surface area contributed by atoms with E-state index >= 15 is 0 Å². The second-order valence-electron chi connectivity index (χ2n) is 11.4. The van der Waals surface area contributed by atoms with Crippen molar-refractivity contribution in [3.05, 3.63) is 40.3 Å². The molecule has 2 bridgehead atoms.